The number of benzene rings is 1. The molecule has 0 aliphatic carbocycles. The van der Waals surface area contributed by atoms with E-state index in [1.54, 1.807) is 0 Å². The molecule has 0 atom stereocenters. The zero-order valence-electron chi connectivity index (χ0n) is 11.0. The van der Waals surface area contributed by atoms with Crippen LogP contribution >= 0.6 is 11.3 Å². The van der Waals surface area contributed by atoms with Crippen molar-refractivity contribution in [1.82, 2.24) is 5.32 Å². The van der Waals surface area contributed by atoms with E-state index >= 15 is 0 Å². The van der Waals surface area contributed by atoms with E-state index in [4.69, 9.17) is 0 Å². The summed E-state index contributed by atoms with van der Waals surface area (Å²) in [6.45, 7) is 5.15. The lowest BCUT2D eigenvalue weighted by atomic mass is 10.1. The number of hydrogen-bond acceptors (Lipinski definition) is 3. The van der Waals surface area contributed by atoms with E-state index < -0.39 is 0 Å². The van der Waals surface area contributed by atoms with Gasteiger partial charge in [0.05, 0.1) is 6.54 Å². The molecule has 1 N–H and O–H groups in total. The fourth-order valence-corrected chi connectivity index (χ4v) is 2.84. The van der Waals surface area contributed by atoms with Gasteiger partial charge in [0, 0.05) is 23.7 Å². The largest absolute Gasteiger partial charge is 0.366 e. The van der Waals surface area contributed by atoms with E-state index in [1.165, 1.54) is 16.1 Å². The molecule has 0 unspecified atom stereocenters. The van der Waals surface area contributed by atoms with Crippen LogP contribution in [0.5, 0.6) is 0 Å². The Hall–Kier alpha value is -1.32. The normalized spacial score (nSPS) is 10.6. The van der Waals surface area contributed by atoms with Gasteiger partial charge in [0.25, 0.3) is 0 Å². The van der Waals surface area contributed by atoms with Gasteiger partial charge in [-0.05, 0) is 37.0 Å². The maximum absolute atomic E-state index is 3.24. The van der Waals surface area contributed by atoms with Crippen LogP contribution in [0.2, 0.25) is 0 Å². The molecule has 2 nitrogen and oxygen atoms in total. The molecule has 3 heteroatoms. The lowest BCUT2D eigenvalue weighted by Crippen LogP contribution is -2.23. The number of nitrogens with zero attached hydrogens (tertiary/aromatic N) is 1. The fraction of sp³-hybridized carbons (Fsp3) is 0.333. The van der Waals surface area contributed by atoms with Crippen LogP contribution in [-0.2, 0) is 13.1 Å². The standard InChI is InChI=1S/C15H20N2S/c1-3-17(12-14-8-6-10-18-14)15-9-5-4-7-13(15)11-16-2/h4-10,16H,3,11-12H2,1-2H3. The first-order valence-corrected chi connectivity index (χ1v) is 7.23. The summed E-state index contributed by atoms with van der Waals surface area (Å²) in [5, 5.41) is 5.38. The summed E-state index contributed by atoms with van der Waals surface area (Å²) in [4.78, 5) is 3.84. The second kappa shape index (κ2) is 6.57. The number of rotatable bonds is 6. The Morgan fingerprint density at radius 3 is 2.67 bits per heavy atom. The Morgan fingerprint density at radius 1 is 1.17 bits per heavy atom. The predicted octanol–water partition coefficient (Wildman–Crippen LogP) is 3.49. The molecular formula is C15H20N2S. The van der Waals surface area contributed by atoms with E-state index in [1.807, 2.05) is 18.4 Å². The van der Waals surface area contributed by atoms with Crippen molar-refractivity contribution >= 4 is 17.0 Å². The highest BCUT2D eigenvalue weighted by Gasteiger charge is 2.09. The zero-order valence-corrected chi connectivity index (χ0v) is 11.8. The molecular weight excluding hydrogens is 240 g/mol. The van der Waals surface area contributed by atoms with E-state index in [2.05, 4.69) is 58.9 Å². The number of para-hydroxylation sites is 1. The Kier molecular flexibility index (Phi) is 4.79. The van der Waals surface area contributed by atoms with Gasteiger partial charge in [-0.25, -0.2) is 0 Å². The van der Waals surface area contributed by atoms with Crippen molar-refractivity contribution < 1.29 is 0 Å². The van der Waals surface area contributed by atoms with Gasteiger partial charge in [0.2, 0.25) is 0 Å². The quantitative estimate of drug-likeness (QED) is 0.855. The fourth-order valence-electron chi connectivity index (χ4n) is 2.12. The Morgan fingerprint density at radius 2 is 2.00 bits per heavy atom. The predicted molar refractivity (Wildman–Crippen MR) is 80.2 cm³/mol. The van der Waals surface area contributed by atoms with Crippen molar-refractivity contribution in [3.8, 4) is 0 Å². The molecule has 1 aromatic heterocycles. The van der Waals surface area contributed by atoms with Crippen LogP contribution in [0, 0.1) is 0 Å². The summed E-state index contributed by atoms with van der Waals surface area (Å²) < 4.78 is 0. The lowest BCUT2D eigenvalue weighted by molar-refractivity contribution is 0.788. The molecule has 0 bridgehead atoms. The van der Waals surface area contributed by atoms with E-state index in [0.29, 0.717) is 0 Å². The van der Waals surface area contributed by atoms with Gasteiger partial charge in [-0.3, -0.25) is 0 Å². The number of hydrogen-bond donors (Lipinski definition) is 1. The van der Waals surface area contributed by atoms with Crippen LogP contribution in [0.3, 0.4) is 0 Å². The zero-order chi connectivity index (χ0) is 12.8. The lowest BCUT2D eigenvalue weighted by Gasteiger charge is -2.25. The first-order valence-electron chi connectivity index (χ1n) is 6.35. The van der Waals surface area contributed by atoms with Crippen molar-refractivity contribution in [3.05, 3.63) is 52.2 Å². The molecule has 0 fully saturated rings. The molecule has 1 aromatic carbocycles. The Bertz CT molecular complexity index is 465. The number of thiophene rings is 1. The van der Waals surface area contributed by atoms with E-state index in [-0.39, 0.29) is 0 Å². The number of anilines is 1. The second-order valence-electron chi connectivity index (χ2n) is 4.25. The van der Waals surface area contributed by atoms with E-state index in [9.17, 15) is 0 Å². The van der Waals surface area contributed by atoms with Crippen molar-refractivity contribution in [2.45, 2.75) is 20.0 Å². The van der Waals surface area contributed by atoms with Gasteiger partial charge in [-0.15, -0.1) is 11.3 Å². The second-order valence-corrected chi connectivity index (χ2v) is 5.28. The topological polar surface area (TPSA) is 15.3 Å². The summed E-state index contributed by atoms with van der Waals surface area (Å²) in [7, 11) is 1.99. The van der Waals surface area contributed by atoms with Gasteiger partial charge in [-0.2, -0.15) is 0 Å². The van der Waals surface area contributed by atoms with Crippen LogP contribution in [0.1, 0.15) is 17.4 Å². The molecule has 0 saturated carbocycles. The maximum atomic E-state index is 3.24. The van der Waals surface area contributed by atoms with Crippen molar-refractivity contribution in [2.75, 3.05) is 18.5 Å². The molecule has 0 radical (unpaired) electrons. The van der Waals surface area contributed by atoms with Crippen LogP contribution in [0.15, 0.2) is 41.8 Å². The van der Waals surface area contributed by atoms with Crippen molar-refractivity contribution in [1.29, 1.82) is 0 Å². The van der Waals surface area contributed by atoms with Gasteiger partial charge in [-0.1, -0.05) is 24.3 Å². The Labute approximate surface area is 113 Å². The van der Waals surface area contributed by atoms with Crippen molar-refractivity contribution in [3.63, 3.8) is 0 Å². The SMILES string of the molecule is CCN(Cc1cccs1)c1ccccc1CNC. The monoisotopic (exact) mass is 260 g/mol. The average molecular weight is 260 g/mol. The first-order chi connectivity index (χ1) is 8.85. The van der Waals surface area contributed by atoms with Gasteiger partial charge in [0.15, 0.2) is 0 Å². The van der Waals surface area contributed by atoms with Crippen molar-refractivity contribution in [2.24, 2.45) is 0 Å². The molecule has 2 aromatic rings. The third-order valence-corrected chi connectivity index (χ3v) is 3.87. The summed E-state index contributed by atoms with van der Waals surface area (Å²) >= 11 is 1.82. The van der Waals surface area contributed by atoms with Crippen LogP contribution < -0.4 is 10.2 Å². The van der Waals surface area contributed by atoms with Crippen LogP contribution in [-0.4, -0.2) is 13.6 Å². The highest BCUT2D eigenvalue weighted by Crippen LogP contribution is 2.23. The van der Waals surface area contributed by atoms with Crippen LogP contribution in [0.25, 0.3) is 0 Å². The van der Waals surface area contributed by atoms with Crippen LogP contribution in [0.4, 0.5) is 5.69 Å². The minimum atomic E-state index is 0.914. The summed E-state index contributed by atoms with van der Waals surface area (Å²) in [5.74, 6) is 0. The van der Waals surface area contributed by atoms with E-state index in [0.717, 1.165) is 19.6 Å². The average Bonchev–Trinajstić information content (AvgIpc) is 2.90. The smallest absolute Gasteiger partial charge is 0.0522 e. The molecule has 1 heterocycles. The summed E-state index contributed by atoms with van der Waals surface area (Å²) in [6, 6.07) is 13.0. The first kappa shape index (κ1) is 13.1. The molecule has 0 aliphatic rings. The molecule has 0 aliphatic heterocycles. The minimum Gasteiger partial charge on any atom is -0.366 e. The third-order valence-electron chi connectivity index (χ3n) is 3.01. The molecule has 96 valence electrons. The third kappa shape index (κ3) is 3.12. The molecule has 0 amide bonds. The van der Waals surface area contributed by atoms with Gasteiger partial charge in [0.1, 0.15) is 0 Å². The highest BCUT2D eigenvalue weighted by atomic mass is 32.1. The Balaban J connectivity index is 2.21. The maximum Gasteiger partial charge on any atom is 0.0522 e. The number of nitrogens with one attached hydrogen (secondary N) is 1. The summed E-state index contributed by atoms with van der Waals surface area (Å²) in [6.07, 6.45) is 0. The summed E-state index contributed by atoms with van der Waals surface area (Å²) in [5.41, 5.74) is 2.70. The molecule has 18 heavy (non-hydrogen) atoms. The molecule has 0 saturated heterocycles. The van der Waals surface area contributed by atoms with Gasteiger partial charge < -0.3 is 10.2 Å². The van der Waals surface area contributed by atoms with Gasteiger partial charge >= 0.3 is 0 Å². The molecule has 2 rings (SSSR count). The molecule has 0 spiro atoms. The minimum absolute atomic E-state index is 0.914. The highest BCUT2D eigenvalue weighted by molar-refractivity contribution is 7.09.